The number of nitrogens with zero attached hydrogens (tertiary/aromatic N) is 1. The van der Waals surface area contributed by atoms with E-state index in [1.165, 1.54) is 6.07 Å². The van der Waals surface area contributed by atoms with E-state index in [4.69, 9.17) is 4.74 Å². The molecule has 7 heteroatoms. The van der Waals surface area contributed by atoms with Gasteiger partial charge < -0.3 is 14.6 Å². The lowest BCUT2D eigenvalue weighted by atomic mass is 10.0. The molecule has 2 atom stereocenters. The molecule has 0 bridgehead atoms. The quantitative estimate of drug-likeness (QED) is 0.903. The summed E-state index contributed by atoms with van der Waals surface area (Å²) in [7, 11) is 0. The van der Waals surface area contributed by atoms with E-state index in [9.17, 15) is 18.7 Å². The molecule has 0 aromatic heterocycles. The second-order valence-corrected chi connectivity index (χ2v) is 4.76. The predicted octanol–water partition coefficient (Wildman–Crippen LogP) is 2.13. The molecule has 116 valence electrons. The van der Waals surface area contributed by atoms with Gasteiger partial charge in [0.2, 0.25) is 0 Å². The first-order valence-corrected chi connectivity index (χ1v) is 6.60. The van der Waals surface area contributed by atoms with E-state index in [1.807, 2.05) is 0 Å². The highest BCUT2D eigenvalue weighted by Gasteiger charge is 2.34. The first kappa shape index (κ1) is 15.7. The molecular weight excluding hydrogens is 284 g/mol. The molecule has 5 nitrogen and oxygen atoms in total. The third kappa shape index (κ3) is 3.68. The van der Waals surface area contributed by atoms with Crippen molar-refractivity contribution in [3.05, 3.63) is 29.8 Å². The van der Waals surface area contributed by atoms with Gasteiger partial charge in [-0.25, -0.2) is 0 Å². The van der Waals surface area contributed by atoms with Crippen LogP contribution in [0.5, 0.6) is 5.75 Å². The molecule has 0 spiro atoms. The number of hydrogen-bond acceptors (Lipinski definition) is 4. The van der Waals surface area contributed by atoms with Crippen molar-refractivity contribution < 1.29 is 28.2 Å². The Labute approximate surface area is 121 Å². The van der Waals surface area contributed by atoms with E-state index < -0.39 is 18.6 Å². The van der Waals surface area contributed by atoms with Crippen molar-refractivity contribution in [2.75, 3.05) is 19.8 Å². The number of ether oxygens (including phenoxy) is 2. The summed E-state index contributed by atoms with van der Waals surface area (Å²) in [5.41, 5.74) is 0.533. The van der Waals surface area contributed by atoms with Crippen LogP contribution in [-0.2, 0) is 9.53 Å². The highest BCUT2D eigenvalue weighted by molar-refractivity contribution is 5.73. The molecule has 0 radical (unpaired) electrons. The van der Waals surface area contributed by atoms with Gasteiger partial charge in [0.1, 0.15) is 11.8 Å². The van der Waals surface area contributed by atoms with Gasteiger partial charge in [0, 0.05) is 18.2 Å². The van der Waals surface area contributed by atoms with Crippen molar-refractivity contribution in [1.82, 2.24) is 4.90 Å². The Hall–Kier alpha value is -1.73. The van der Waals surface area contributed by atoms with Crippen LogP contribution in [0.1, 0.15) is 18.5 Å². The van der Waals surface area contributed by atoms with Gasteiger partial charge in [0.25, 0.3) is 0 Å². The number of rotatable bonds is 5. The molecule has 1 aromatic carbocycles. The highest BCUT2D eigenvalue weighted by Crippen LogP contribution is 2.32. The molecule has 1 aliphatic heterocycles. The van der Waals surface area contributed by atoms with Gasteiger partial charge in [-0.1, -0.05) is 18.2 Å². The van der Waals surface area contributed by atoms with E-state index >= 15 is 0 Å². The van der Waals surface area contributed by atoms with E-state index in [2.05, 4.69) is 4.74 Å². The molecule has 0 amide bonds. The average molecular weight is 301 g/mol. The lowest BCUT2D eigenvalue weighted by molar-refractivity contribution is -0.151. The van der Waals surface area contributed by atoms with Gasteiger partial charge in [-0.3, -0.25) is 9.69 Å². The van der Waals surface area contributed by atoms with Crippen molar-refractivity contribution >= 4 is 5.97 Å². The molecular formula is C14H17F2NO4. The molecule has 1 N–H and O–H groups in total. The lowest BCUT2D eigenvalue weighted by Gasteiger charge is -2.37. The van der Waals surface area contributed by atoms with Gasteiger partial charge in [-0.05, 0) is 13.0 Å². The van der Waals surface area contributed by atoms with Gasteiger partial charge in [0.05, 0.1) is 13.2 Å². The number of carboxylic acids is 1. The molecule has 0 saturated carbocycles. The summed E-state index contributed by atoms with van der Waals surface area (Å²) >= 11 is 0. The van der Waals surface area contributed by atoms with Crippen LogP contribution in [0.2, 0.25) is 0 Å². The predicted molar refractivity (Wildman–Crippen MR) is 70.4 cm³/mol. The monoisotopic (exact) mass is 301 g/mol. The maximum absolute atomic E-state index is 12.5. The molecule has 1 aromatic rings. The molecule has 0 aliphatic carbocycles. The summed E-state index contributed by atoms with van der Waals surface area (Å²) in [5.74, 6) is -0.926. The average Bonchev–Trinajstić information content (AvgIpc) is 2.46. The fourth-order valence-electron chi connectivity index (χ4n) is 2.50. The van der Waals surface area contributed by atoms with Gasteiger partial charge in [-0.15, -0.1) is 0 Å². The number of carbonyl (C=O) groups is 1. The number of morpholine rings is 1. The first-order chi connectivity index (χ1) is 10.0. The fraction of sp³-hybridized carbons (Fsp3) is 0.500. The maximum Gasteiger partial charge on any atom is 0.387 e. The van der Waals surface area contributed by atoms with Crippen LogP contribution in [0.15, 0.2) is 24.3 Å². The Kier molecular flexibility index (Phi) is 5.08. The standard InChI is InChI=1S/C14H17F2NO4/c1-9(17-6-7-20-8-11(17)13(18)19)10-4-2-3-5-12(10)21-14(15)16/h2-5,9,11,14H,6-8H2,1H3,(H,18,19). The summed E-state index contributed by atoms with van der Waals surface area (Å²) in [6.45, 7) is -0.238. The number of aliphatic carboxylic acids is 1. The van der Waals surface area contributed by atoms with Crippen LogP contribution in [0.3, 0.4) is 0 Å². The van der Waals surface area contributed by atoms with Crippen LogP contribution >= 0.6 is 0 Å². The van der Waals surface area contributed by atoms with Gasteiger partial charge >= 0.3 is 12.6 Å². The SMILES string of the molecule is CC(c1ccccc1OC(F)F)N1CCOCC1C(=O)O. The second kappa shape index (κ2) is 6.82. The summed E-state index contributed by atoms with van der Waals surface area (Å²) in [6.07, 6.45) is 0. The number of benzene rings is 1. The minimum absolute atomic E-state index is 0.0654. The van der Waals surface area contributed by atoms with Crippen molar-refractivity contribution in [2.45, 2.75) is 25.6 Å². The third-order valence-electron chi connectivity index (χ3n) is 3.54. The number of alkyl halides is 2. The van der Waals surface area contributed by atoms with Gasteiger partial charge in [0.15, 0.2) is 0 Å². The number of para-hydroxylation sites is 1. The van der Waals surface area contributed by atoms with E-state index in [1.54, 1.807) is 30.0 Å². The fourth-order valence-corrected chi connectivity index (χ4v) is 2.50. The Morgan fingerprint density at radius 2 is 2.19 bits per heavy atom. The van der Waals surface area contributed by atoms with Crippen LogP contribution < -0.4 is 4.74 Å². The van der Waals surface area contributed by atoms with Crippen LogP contribution in [0, 0.1) is 0 Å². The molecule has 21 heavy (non-hydrogen) atoms. The van der Waals surface area contributed by atoms with Crippen molar-refractivity contribution in [1.29, 1.82) is 0 Å². The molecule has 1 heterocycles. The molecule has 1 aliphatic rings. The van der Waals surface area contributed by atoms with Gasteiger partial charge in [-0.2, -0.15) is 8.78 Å². The largest absolute Gasteiger partial charge is 0.480 e. The van der Waals surface area contributed by atoms with Crippen LogP contribution in [-0.4, -0.2) is 48.4 Å². The summed E-state index contributed by atoms with van der Waals surface area (Å²) in [5, 5.41) is 9.25. The van der Waals surface area contributed by atoms with Crippen LogP contribution in [0.4, 0.5) is 8.78 Å². The smallest absolute Gasteiger partial charge is 0.387 e. The molecule has 2 unspecified atom stereocenters. The minimum Gasteiger partial charge on any atom is -0.480 e. The zero-order valence-corrected chi connectivity index (χ0v) is 11.5. The Bertz CT molecular complexity index is 498. The summed E-state index contributed by atoms with van der Waals surface area (Å²) in [4.78, 5) is 13.0. The second-order valence-electron chi connectivity index (χ2n) is 4.76. The highest BCUT2D eigenvalue weighted by atomic mass is 19.3. The van der Waals surface area contributed by atoms with E-state index in [0.717, 1.165) is 0 Å². The summed E-state index contributed by atoms with van der Waals surface area (Å²) < 4.78 is 34.6. The van der Waals surface area contributed by atoms with E-state index in [0.29, 0.717) is 18.7 Å². The van der Waals surface area contributed by atoms with Crippen molar-refractivity contribution in [3.8, 4) is 5.75 Å². The van der Waals surface area contributed by atoms with Crippen LogP contribution in [0.25, 0.3) is 0 Å². The lowest BCUT2D eigenvalue weighted by Crippen LogP contribution is -2.50. The van der Waals surface area contributed by atoms with E-state index in [-0.39, 0.29) is 18.4 Å². The zero-order chi connectivity index (χ0) is 15.4. The molecule has 1 saturated heterocycles. The van der Waals surface area contributed by atoms with Crippen molar-refractivity contribution in [2.24, 2.45) is 0 Å². The third-order valence-corrected chi connectivity index (χ3v) is 3.54. The first-order valence-electron chi connectivity index (χ1n) is 6.60. The topological polar surface area (TPSA) is 59.0 Å². The molecule has 1 fully saturated rings. The number of carboxylic acid groups (broad SMARTS) is 1. The molecule has 2 rings (SSSR count). The normalized spacial score (nSPS) is 21.2. The number of halogens is 2. The Morgan fingerprint density at radius 3 is 2.86 bits per heavy atom. The Morgan fingerprint density at radius 1 is 1.48 bits per heavy atom. The maximum atomic E-state index is 12.5. The number of hydrogen-bond donors (Lipinski definition) is 1. The van der Waals surface area contributed by atoms with Crippen molar-refractivity contribution in [3.63, 3.8) is 0 Å². The summed E-state index contributed by atoms with van der Waals surface area (Å²) in [6, 6.07) is 5.26. The Balaban J connectivity index is 2.25. The minimum atomic E-state index is -2.92. The zero-order valence-electron chi connectivity index (χ0n) is 11.5.